The first-order valence-corrected chi connectivity index (χ1v) is 10.8. The molecule has 0 aliphatic carbocycles. The Morgan fingerprint density at radius 2 is 1.82 bits per heavy atom. The number of hydrogen-bond donors (Lipinski definition) is 0. The van der Waals surface area contributed by atoms with Gasteiger partial charge in [0.1, 0.15) is 0 Å². The molecular formula is C14H29IOSi. The molecule has 0 aliphatic heterocycles. The fourth-order valence-corrected chi connectivity index (χ4v) is 3.20. The summed E-state index contributed by atoms with van der Waals surface area (Å²) in [4.78, 5) is 0. The predicted octanol–water partition coefficient (Wildman–Crippen LogP) is 5.91. The molecular weight excluding hydrogens is 339 g/mol. The third kappa shape index (κ3) is 6.96. The van der Waals surface area contributed by atoms with Crippen LogP contribution >= 0.6 is 22.6 Å². The molecule has 0 amide bonds. The van der Waals surface area contributed by atoms with Gasteiger partial charge < -0.3 is 4.43 Å². The molecule has 1 atom stereocenters. The third-order valence-corrected chi connectivity index (χ3v) is 8.55. The van der Waals surface area contributed by atoms with Crippen molar-refractivity contribution in [3.8, 4) is 0 Å². The van der Waals surface area contributed by atoms with Crippen LogP contribution in [-0.4, -0.2) is 14.4 Å². The molecule has 3 heteroatoms. The lowest BCUT2D eigenvalue weighted by atomic mass is 10.1. The minimum atomic E-state index is -1.62. The monoisotopic (exact) mass is 368 g/mol. The zero-order valence-corrected chi connectivity index (χ0v) is 15.5. The van der Waals surface area contributed by atoms with Crippen molar-refractivity contribution < 1.29 is 4.43 Å². The highest BCUT2D eigenvalue weighted by Crippen LogP contribution is 2.38. The smallest absolute Gasteiger partial charge is 0.192 e. The average Bonchev–Trinajstić information content (AvgIpc) is 2.16. The maximum Gasteiger partial charge on any atom is 0.192 e. The molecule has 0 aliphatic rings. The van der Waals surface area contributed by atoms with Gasteiger partial charge in [-0.25, -0.2) is 0 Å². The molecule has 0 N–H and O–H groups in total. The van der Waals surface area contributed by atoms with E-state index in [1.807, 2.05) is 0 Å². The van der Waals surface area contributed by atoms with E-state index in [1.165, 1.54) is 25.7 Å². The van der Waals surface area contributed by atoms with E-state index in [2.05, 4.69) is 73.5 Å². The van der Waals surface area contributed by atoms with Gasteiger partial charge in [0, 0.05) is 0 Å². The Morgan fingerprint density at radius 3 is 2.24 bits per heavy atom. The summed E-state index contributed by atoms with van der Waals surface area (Å²) in [5.74, 6) is 0. The molecule has 0 aromatic carbocycles. The topological polar surface area (TPSA) is 9.23 Å². The van der Waals surface area contributed by atoms with Gasteiger partial charge in [-0.15, -0.1) is 0 Å². The van der Waals surface area contributed by atoms with E-state index in [-0.39, 0.29) is 0 Å². The van der Waals surface area contributed by atoms with Crippen LogP contribution in [0.25, 0.3) is 0 Å². The quantitative estimate of drug-likeness (QED) is 0.309. The van der Waals surface area contributed by atoms with E-state index in [1.54, 1.807) is 0 Å². The van der Waals surface area contributed by atoms with E-state index in [0.29, 0.717) is 11.1 Å². The van der Waals surface area contributed by atoms with E-state index in [4.69, 9.17) is 4.43 Å². The van der Waals surface area contributed by atoms with Gasteiger partial charge in [0.2, 0.25) is 0 Å². The Hall–Kier alpha value is 0.647. The van der Waals surface area contributed by atoms with Crippen LogP contribution in [0.2, 0.25) is 18.1 Å². The summed E-state index contributed by atoms with van der Waals surface area (Å²) in [6, 6.07) is 0. The highest BCUT2D eigenvalue weighted by molar-refractivity contribution is 14.1. The first-order valence-electron chi connectivity index (χ1n) is 6.69. The third-order valence-electron chi connectivity index (χ3n) is 3.63. The summed E-state index contributed by atoms with van der Waals surface area (Å²) in [5, 5.41) is 0.301. The van der Waals surface area contributed by atoms with Crippen molar-refractivity contribution >= 4 is 30.9 Å². The molecule has 0 spiro atoms. The summed E-state index contributed by atoms with van der Waals surface area (Å²) >= 11 is 2.29. The van der Waals surface area contributed by atoms with Crippen LogP contribution in [0, 0.1) is 0 Å². The van der Waals surface area contributed by atoms with Crippen LogP contribution in [0.3, 0.4) is 0 Å². The zero-order chi connectivity index (χ0) is 13.5. The number of unbranched alkanes of at least 4 members (excludes halogenated alkanes) is 2. The summed E-state index contributed by atoms with van der Waals surface area (Å²) in [5.41, 5.74) is 0. The fraction of sp³-hybridized carbons (Fsp3) is 0.857. The van der Waals surface area contributed by atoms with Crippen LogP contribution in [-0.2, 0) is 4.43 Å². The Labute approximate surface area is 123 Å². The SMILES string of the molecule is CCCCCC(C=CI)O[Si](C)(C)C(C)(C)C. The van der Waals surface area contributed by atoms with Gasteiger partial charge in [-0.05, 0) is 28.6 Å². The Kier molecular flexibility index (Phi) is 8.25. The number of hydrogen-bond acceptors (Lipinski definition) is 1. The second kappa shape index (κ2) is 7.95. The lowest BCUT2D eigenvalue weighted by Crippen LogP contribution is -2.43. The minimum absolute atomic E-state index is 0.301. The van der Waals surface area contributed by atoms with Crippen molar-refractivity contribution in [3.63, 3.8) is 0 Å². The van der Waals surface area contributed by atoms with Crippen molar-refractivity contribution in [2.75, 3.05) is 0 Å². The summed E-state index contributed by atoms with van der Waals surface area (Å²) < 4.78 is 8.54. The highest BCUT2D eigenvalue weighted by atomic mass is 127. The molecule has 0 rings (SSSR count). The molecule has 0 aromatic rings. The van der Waals surface area contributed by atoms with Gasteiger partial charge in [-0.2, -0.15) is 0 Å². The predicted molar refractivity (Wildman–Crippen MR) is 89.4 cm³/mol. The summed E-state index contributed by atoms with van der Waals surface area (Å²) in [6.07, 6.45) is 7.57. The Bertz CT molecular complexity index is 231. The average molecular weight is 368 g/mol. The van der Waals surface area contributed by atoms with Gasteiger partial charge in [0.15, 0.2) is 8.32 Å². The molecule has 0 heterocycles. The van der Waals surface area contributed by atoms with Crippen LogP contribution in [0.5, 0.6) is 0 Å². The van der Waals surface area contributed by atoms with Crippen molar-refractivity contribution in [2.24, 2.45) is 0 Å². The standard InChI is InChI=1S/C14H29IOSi/c1-7-8-9-10-13(11-12-15)16-17(5,6)14(2,3)4/h11-13H,7-10H2,1-6H3. The molecule has 0 bridgehead atoms. The molecule has 1 nitrogen and oxygen atoms in total. The van der Waals surface area contributed by atoms with Gasteiger partial charge >= 0.3 is 0 Å². The summed E-state index contributed by atoms with van der Waals surface area (Å²) in [6.45, 7) is 13.8. The summed E-state index contributed by atoms with van der Waals surface area (Å²) in [7, 11) is -1.62. The van der Waals surface area contributed by atoms with Crippen molar-refractivity contribution in [1.29, 1.82) is 0 Å². The van der Waals surface area contributed by atoms with Gasteiger partial charge in [0.25, 0.3) is 0 Å². The normalized spacial score (nSPS) is 15.5. The van der Waals surface area contributed by atoms with Gasteiger partial charge in [-0.3, -0.25) is 0 Å². The van der Waals surface area contributed by atoms with E-state index in [9.17, 15) is 0 Å². The van der Waals surface area contributed by atoms with Crippen molar-refractivity contribution in [3.05, 3.63) is 10.2 Å². The second-order valence-corrected chi connectivity index (χ2v) is 11.7. The molecule has 0 fully saturated rings. The zero-order valence-electron chi connectivity index (χ0n) is 12.3. The van der Waals surface area contributed by atoms with Crippen LogP contribution < -0.4 is 0 Å². The van der Waals surface area contributed by atoms with Gasteiger partial charge in [0.05, 0.1) is 6.10 Å². The molecule has 0 aromatic heterocycles. The second-order valence-electron chi connectivity index (χ2n) is 6.23. The van der Waals surface area contributed by atoms with Crippen LogP contribution in [0.1, 0.15) is 53.4 Å². The number of rotatable bonds is 7. The Balaban J connectivity index is 4.43. The fourth-order valence-electron chi connectivity index (χ4n) is 1.43. The molecule has 102 valence electrons. The lowest BCUT2D eigenvalue weighted by molar-refractivity contribution is 0.211. The molecule has 0 saturated heterocycles. The largest absolute Gasteiger partial charge is 0.411 e. The maximum atomic E-state index is 6.44. The van der Waals surface area contributed by atoms with E-state index >= 15 is 0 Å². The molecule has 1 unspecified atom stereocenters. The van der Waals surface area contributed by atoms with E-state index in [0.717, 1.165) is 0 Å². The first kappa shape index (κ1) is 17.6. The lowest BCUT2D eigenvalue weighted by Gasteiger charge is -2.38. The van der Waals surface area contributed by atoms with Crippen molar-refractivity contribution in [2.45, 2.75) is 77.6 Å². The molecule has 0 saturated carbocycles. The molecule has 0 radical (unpaired) electrons. The van der Waals surface area contributed by atoms with E-state index < -0.39 is 8.32 Å². The maximum absolute atomic E-state index is 6.44. The van der Waals surface area contributed by atoms with Crippen molar-refractivity contribution in [1.82, 2.24) is 0 Å². The molecule has 17 heavy (non-hydrogen) atoms. The minimum Gasteiger partial charge on any atom is -0.411 e. The number of halogens is 1. The first-order chi connectivity index (χ1) is 7.74. The van der Waals surface area contributed by atoms with Gasteiger partial charge in [-0.1, -0.05) is 75.6 Å². The van der Waals surface area contributed by atoms with Crippen LogP contribution in [0.4, 0.5) is 0 Å². The van der Waals surface area contributed by atoms with Crippen LogP contribution in [0.15, 0.2) is 10.2 Å². The Morgan fingerprint density at radius 1 is 1.24 bits per heavy atom. The highest BCUT2D eigenvalue weighted by Gasteiger charge is 2.38.